The fourth-order valence-corrected chi connectivity index (χ4v) is 2.80. The van der Waals surface area contributed by atoms with Gasteiger partial charge in [-0.15, -0.1) is 0 Å². The predicted molar refractivity (Wildman–Crippen MR) is 82.5 cm³/mol. The van der Waals surface area contributed by atoms with Crippen molar-refractivity contribution < 1.29 is 9.90 Å². The Hall–Kier alpha value is -1.17. The number of hydrogen-bond donors (Lipinski definition) is 2. The van der Waals surface area contributed by atoms with Gasteiger partial charge in [0.2, 0.25) is 0 Å². The average Bonchev–Trinajstić information content (AvgIpc) is 2.48. The first kappa shape index (κ1) is 16.2. The van der Waals surface area contributed by atoms with Crippen molar-refractivity contribution in [3.05, 3.63) is 29.0 Å². The van der Waals surface area contributed by atoms with Gasteiger partial charge in [0.1, 0.15) is 5.15 Å². The molecule has 1 amide bonds. The van der Waals surface area contributed by atoms with Gasteiger partial charge in [0, 0.05) is 25.8 Å². The highest BCUT2D eigenvalue weighted by molar-refractivity contribution is 6.32. The summed E-state index contributed by atoms with van der Waals surface area (Å²) in [5.74, 6) is -0.248. The maximum absolute atomic E-state index is 12.0. The highest BCUT2D eigenvalue weighted by Gasteiger charge is 2.31. The van der Waals surface area contributed by atoms with Crippen molar-refractivity contribution in [1.82, 2.24) is 15.2 Å². The number of likely N-dealkylation sites (tertiary alicyclic amines) is 1. The van der Waals surface area contributed by atoms with Crippen LogP contribution in [0.2, 0.25) is 5.15 Å². The van der Waals surface area contributed by atoms with Crippen LogP contribution in [0.25, 0.3) is 0 Å². The molecule has 116 valence electrons. The van der Waals surface area contributed by atoms with Crippen molar-refractivity contribution in [2.75, 3.05) is 26.2 Å². The molecular formula is C15H22ClN3O2. The molecule has 0 radical (unpaired) electrons. The molecule has 1 aromatic heterocycles. The first-order valence-electron chi connectivity index (χ1n) is 7.37. The van der Waals surface area contributed by atoms with Crippen LogP contribution in [0.4, 0.5) is 0 Å². The number of carbonyl (C=O) groups is 1. The summed E-state index contributed by atoms with van der Waals surface area (Å²) in [7, 11) is 0. The summed E-state index contributed by atoms with van der Waals surface area (Å²) in [5, 5.41) is 13.5. The van der Waals surface area contributed by atoms with Gasteiger partial charge in [-0.05, 0) is 37.9 Å². The van der Waals surface area contributed by atoms with E-state index < -0.39 is 5.60 Å². The molecule has 1 aliphatic heterocycles. The lowest BCUT2D eigenvalue weighted by molar-refractivity contribution is -0.0255. The Morgan fingerprint density at radius 3 is 2.86 bits per heavy atom. The molecule has 0 saturated carbocycles. The van der Waals surface area contributed by atoms with Gasteiger partial charge in [0.25, 0.3) is 5.91 Å². The van der Waals surface area contributed by atoms with E-state index >= 15 is 0 Å². The first-order valence-corrected chi connectivity index (χ1v) is 7.75. The quantitative estimate of drug-likeness (QED) is 0.812. The van der Waals surface area contributed by atoms with Crippen molar-refractivity contribution >= 4 is 17.5 Å². The standard InChI is InChI=1S/C15H22ClN3O2/c1-2-19-10-6-15(21,7-11-19)5-9-18-14(20)12-4-3-8-17-13(12)16/h3-4,8,21H,2,5-7,9-11H2,1H3,(H,18,20). The van der Waals surface area contributed by atoms with Crippen LogP contribution in [0.5, 0.6) is 0 Å². The molecule has 0 spiro atoms. The topological polar surface area (TPSA) is 65.5 Å². The number of hydrogen-bond acceptors (Lipinski definition) is 4. The lowest BCUT2D eigenvalue weighted by atomic mass is 9.88. The molecule has 1 aliphatic rings. The van der Waals surface area contributed by atoms with Crippen molar-refractivity contribution in [2.45, 2.75) is 31.8 Å². The van der Waals surface area contributed by atoms with E-state index in [-0.39, 0.29) is 11.1 Å². The molecule has 2 rings (SSSR count). The van der Waals surface area contributed by atoms with E-state index in [1.54, 1.807) is 18.3 Å². The number of aliphatic hydroxyl groups is 1. The van der Waals surface area contributed by atoms with Gasteiger partial charge in [-0.2, -0.15) is 0 Å². The van der Waals surface area contributed by atoms with E-state index in [1.807, 2.05) is 0 Å². The molecule has 0 aliphatic carbocycles. The summed E-state index contributed by atoms with van der Waals surface area (Å²) < 4.78 is 0. The minimum atomic E-state index is -0.669. The summed E-state index contributed by atoms with van der Waals surface area (Å²) in [4.78, 5) is 18.2. The van der Waals surface area contributed by atoms with Crippen LogP contribution < -0.4 is 5.32 Å². The molecule has 5 nitrogen and oxygen atoms in total. The normalized spacial score (nSPS) is 18.4. The second-order valence-electron chi connectivity index (χ2n) is 5.51. The van der Waals surface area contributed by atoms with Crippen LogP contribution in [0.3, 0.4) is 0 Å². The summed E-state index contributed by atoms with van der Waals surface area (Å²) in [6.45, 7) is 5.41. The number of aromatic nitrogens is 1. The molecule has 1 aromatic rings. The van der Waals surface area contributed by atoms with Crippen LogP contribution in [0.15, 0.2) is 18.3 Å². The Balaban J connectivity index is 1.79. The molecule has 0 bridgehead atoms. The number of pyridine rings is 1. The Bertz CT molecular complexity index is 488. The van der Waals surface area contributed by atoms with Crippen molar-refractivity contribution in [2.24, 2.45) is 0 Å². The third kappa shape index (κ3) is 4.40. The summed E-state index contributed by atoms with van der Waals surface area (Å²) in [5.41, 5.74) is -0.301. The smallest absolute Gasteiger partial charge is 0.254 e. The second-order valence-corrected chi connectivity index (χ2v) is 5.86. The van der Waals surface area contributed by atoms with E-state index in [0.29, 0.717) is 18.5 Å². The Kier molecular flexibility index (Phi) is 5.56. The number of nitrogens with zero attached hydrogens (tertiary/aromatic N) is 2. The molecule has 0 aromatic carbocycles. The van der Waals surface area contributed by atoms with Crippen molar-refractivity contribution in [1.29, 1.82) is 0 Å². The van der Waals surface area contributed by atoms with Gasteiger partial charge in [0.15, 0.2) is 0 Å². The zero-order valence-electron chi connectivity index (χ0n) is 12.3. The second kappa shape index (κ2) is 7.20. The highest BCUT2D eigenvalue weighted by atomic mass is 35.5. The van der Waals surface area contributed by atoms with Crippen LogP contribution in [0.1, 0.15) is 36.5 Å². The zero-order valence-corrected chi connectivity index (χ0v) is 13.1. The zero-order chi connectivity index (χ0) is 15.3. The molecule has 2 N–H and O–H groups in total. The number of carbonyl (C=O) groups excluding carboxylic acids is 1. The Morgan fingerprint density at radius 1 is 1.52 bits per heavy atom. The summed E-state index contributed by atoms with van der Waals surface area (Å²) in [6.07, 6.45) is 3.62. The maximum Gasteiger partial charge on any atom is 0.254 e. The van der Waals surface area contributed by atoms with E-state index in [2.05, 4.69) is 22.1 Å². The molecule has 21 heavy (non-hydrogen) atoms. The van der Waals surface area contributed by atoms with Gasteiger partial charge < -0.3 is 15.3 Å². The fraction of sp³-hybridized carbons (Fsp3) is 0.600. The van der Waals surface area contributed by atoms with Gasteiger partial charge >= 0.3 is 0 Å². The molecule has 6 heteroatoms. The minimum absolute atomic E-state index is 0.199. The molecule has 0 atom stereocenters. The maximum atomic E-state index is 12.0. The number of amides is 1. The van der Waals surface area contributed by atoms with Gasteiger partial charge in [0.05, 0.1) is 11.2 Å². The van der Waals surface area contributed by atoms with E-state index in [4.69, 9.17) is 11.6 Å². The highest BCUT2D eigenvalue weighted by Crippen LogP contribution is 2.25. The molecule has 0 unspecified atom stereocenters. The molecule has 1 saturated heterocycles. The van der Waals surface area contributed by atoms with Crippen LogP contribution in [-0.2, 0) is 0 Å². The van der Waals surface area contributed by atoms with E-state index in [1.165, 1.54) is 0 Å². The first-order chi connectivity index (χ1) is 10.0. The summed E-state index contributed by atoms with van der Waals surface area (Å²) >= 11 is 5.88. The third-order valence-corrected chi connectivity index (χ3v) is 4.41. The molecular weight excluding hydrogens is 290 g/mol. The molecule has 1 fully saturated rings. The Labute approximate surface area is 130 Å². The molecule has 2 heterocycles. The van der Waals surface area contributed by atoms with Crippen molar-refractivity contribution in [3.63, 3.8) is 0 Å². The fourth-order valence-electron chi connectivity index (χ4n) is 2.59. The van der Waals surface area contributed by atoms with Gasteiger partial charge in [-0.25, -0.2) is 4.98 Å². The van der Waals surface area contributed by atoms with Crippen LogP contribution in [-0.4, -0.2) is 52.7 Å². The summed E-state index contributed by atoms with van der Waals surface area (Å²) in [6, 6.07) is 3.31. The third-order valence-electron chi connectivity index (χ3n) is 4.11. The lowest BCUT2D eigenvalue weighted by Crippen LogP contribution is -2.45. The van der Waals surface area contributed by atoms with E-state index in [9.17, 15) is 9.90 Å². The lowest BCUT2D eigenvalue weighted by Gasteiger charge is -2.37. The van der Waals surface area contributed by atoms with E-state index in [0.717, 1.165) is 32.5 Å². The van der Waals surface area contributed by atoms with Crippen molar-refractivity contribution in [3.8, 4) is 0 Å². The van der Waals surface area contributed by atoms with Crippen LogP contribution >= 0.6 is 11.6 Å². The number of piperidine rings is 1. The average molecular weight is 312 g/mol. The number of halogens is 1. The minimum Gasteiger partial charge on any atom is -0.390 e. The number of rotatable bonds is 5. The van der Waals surface area contributed by atoms with Crippen LogP contribution in [0, 0.1) is 0 Å². The SMILES string of the molecule is CCN1CCC(O)(CCNC(=O)c2cccnc2Cl)CC1. The largest absolute Gasteiger partial charge is 0.390 e. The van der Waals surface area contributed by atoms with Gasteiger partial charge in [-0.1, -0.05) is 18.5 Å². The monoisotopic (exact) mass is 311 g/mol. The Morgan fingerprint density at radius 2 is 2.24 bits per heavy atom. The predicted octanol–water partition coefficient (Wildman–Crippen LogP) is 1.70. The number of nitrogens with one attached hydrogen (secondary N) is 1. The van der Waals surface area contributed by atoms with Gasteiger partial charge in [-0.3, -0.25) is 4.79 Å².